The number of carbonyl (C=O) groups excluding carboxylic acids is 2. The van der Waals surface area contributed by atoms with Crippen LogP contribution in [-0.4, -0.2) is 35.8 Å². The second-order valence-corrected chi connectivity index (χ2v) is 9.55. The standard InChI is InChI=1S/C29H29N3O5/c33-27(30-16-19-11-13-20(14-12-19)31-28(34)35)26(15-18-9-10-18)32-29(36)37-17-25-23-7-3-1-5-21(23)22-6-2-4-8-24(22)25/h1-8,11-14,18,25-26,31H,9-10,15-17H2,(H,30,33)(H,32,36)(H,34,35). The third-order valence-corrected chi connectivity index (χ3v) is 6.89. The molecule has 1 fully saturated rings. The molecule has 0 heterocycles. The fourth-order valence-corrected chi connectivity index (χ4v) is 4.84. The van der Waals surface area contributed by atoms with Crippen molar-refractivity contribution in [2.24, 2.45) is 5.92 Å². The average Bonchev–Trinajstić information content (AvgIpc) is 3.66. The Bertz CT molecular complexity index is 1260. The number of hydrogen-bond donors (Lipinski definition) is 4. The molecule has 190 valence electrons. The zero-order valence-corrected chi connectivity index (χ0v) is 20.3. The summed E-state index contributed by atoms with van der Waals surface area (Å²) in [5.41, 5.74) is 5.85. The summed E-state index contributed by atoms with van der Waals surface area (Å²) in [4.78, 5) is 36.5. The van der Waals surface area contributed by atoms with E-state index in [1.54, 1.807) is 24.3 Å². The first-order chi connectivity index (χ1) is 18.0. The minimum atomic E-state index is -1.14. The molecule has 1 atom stereocenters. The molecule has 0 radical (unpaired) electrons. The van der Waals surface area contributed by atoms with Crippen LogP contribution >= 0.6 is 0 Å². The maximum absolute atomic E-state index is 12.9. The minimum absolute atomic E-state index is 0.0487. The van der Waals surface area contributed by atoms with Crippen LogP contribution in [-0.2, 0) is 16.1 Å². The molecule has 4 N–H and O–H groups in total. The van der Waals surface area contributed by atoms with Gasteiger partial charge in [0, 0.05) is 18.2 Å². The number of fused-ring (bicyclic) bond motifs is 3. The van der Waals surface area contributed by atoms with Gasteiger partial charge in [0.2, 0.25) is 5.91 Å². The van der Waals surface area contributed by atoms with Crippen molar-refractivity contribution in [2.75, 3.05) is 11.9 Å². The third-order valence-electron chi connectivity index (χ3n) is 6.89. The molecule has 0 bridgehead atoms. The minimum Gasteiger partial charge on any atom is -0.465 e. The van der Waals surface area contributed by atoms with Gasteiger partial charge in [0.1, 0.15) is 12.6 Å². The molecule has 3 aromatic rings. The Hall–Kier alpha value is -4.33. The Morgan fingerprint density at radius 2 is 1.51 bits per heavy atom. The molecular weight excluding hydrogens is 470 g/mol. The van der Waals surface area contributed by atoms with Gasteiger partial charge >= 0.3 is 12.2 Å². The van der Waals surface area contributed by atoms with E-state index >= 15 is 0 Å². The zero-order valence-electron chi connectivity index (χ0n) is 20.3. The first kappa shape index (κ1) is 24.4. The van der Waals surface area contributed by atoms with Crippen molar-refractivity contribution in [1.29, 1.82) is 0 Å². The lowest BCUT2D eigenvalue weighted by molar-refractivity contribution is -0.123. The zero-order chi connectivity index (χ0) is 25.8. The predicted molar refractivity (Wildman–Crippen MR) is 139 cm³/mol. The monoisotopic (exact) mass is 499 g/mol. The molecule has 8 heteroatoms. The second kappa shape index (κ2) is 10.7. The Morgan fingerprint density at radius 1 is 0.892 bits per heavy atom. The first-order valence-corrected chi connectivity index (χ1v) is 12.5. The van der Waals surface area contributed by atoms with Crippen molar-refractivity contribution >= 4 is 23.8 Å². The van der Waals surface area contributed by atoms with Gasteiger partial charge < -0.3 is 20.5 Å². The van der Waals surface area contributed by atoms with Crippen molar-refractivity contribution < 1.29 is 24.2 Å². The Balaban J connectivity index is 1.17. The van der Waals surface area contributed by atoms with E-state index in [0.717, 1.165) is 40.7 Å². The predicted octanol–water partition coefficient (Wildman–Crippen LogP) is 5.10. The van der Waals surface area contributed by atoms with Gasteiger partial charge in [0.15, 0.2) is 0 Å². The fraction of sp³-hybridized carbons (Fsp3) is 0.276. The largest absolute Gasteiger partial charge is 0.465 e. The van der Waals surface area contributed by atoms with Crippen LogP contribution in [0.2, 0.25) is 0 Å². The van der Waals surface area contributed by atoms with Gasteiger partial charge in [-0.05, 0) is 52.3 Å². The molecule has 5 rings (SSSR count). The normalized spacial score (nSPS) is 14.7. The lowest BCUT2D eigenvalue weighted by atomic mass is 9.98. The Kier molecular flexibility index (Phi) is 7.07. The quantitative estimate of drug-likeness (QED) is 0.327. The highest BCUT2D eigenvalue weighted by Gasteiger charge is 2.32. The Morgan fingerprint density at radius 3 is 2.11 bits per heavy atom. The molecule has 0 spiro atoms. The van der Waals surface area contributed by atoms with Crippen LogP contribution < -0.4 is 16.0 Å². The van der Waals surface area contributed by atoms with Crippen molar-refractivity contribution in [2.45, 2.75) is 37.8 Å². The van der Waals surface area contributed by atoms with Crippen LogP contribution in [0.4, 0.5) is 15.3 Å². The van der Waals surface area contributed by atoms with E-state index in [0.29, 0.717) is 18.0 Å². The van der Waals surface area contributed by atoms with E-state index in [-0.39, 0.29) is 25.0 Å². The maximum Gasteiger partial charge on any atom is 0.409 e. The third kappa shape index (κ3) is 5.91. The second-order valence-electron chi connectivity index (χ2n) is 9.55. The number of carboxylic acid groups (broad SMARTS) is 1. The fourth-order valence-electron chi connectivity index (χ4n) is 4.84. The van der Waals surface area contributed by atoms with E-state index in [9.17, 15) is 14.4 Å². The number of amides is 3. The summed E-state index contributed by atoms with van der Waals surface area (Å²) in [7, 11) is 0. The van der Waals surface area contributed by atoms with Gasteiger partial charge in [0.25, 0.3) is 0 Å². The molecule has 0 saturated heterocycles. The number of anilines is 1. The molecule has 37 heavy (non-hydrogen) atoms. The van der Waals surface area contributed by atoms with Crippen molar-refractivity contribution in [1.82, 2.24) is 10.6 Å². The topological polar surface area (TPSA) is 117 Å². The van der Waals surface area contributed by atoms with Crippen molar-refractivity contribution in [3.05, 3.63) is 89.5 Å². The molecule has 3 amide bonds. The van der Waals surface area contributed by atoms with Crippen molar-refractivity contribution in [3.8, 4) is 11.1 Å². The Labute approximate surface area is 215 Å². The maximum atomic E-state index is 12.9. The van der Waals surface area contributed by atoms with E-state index in [2.05, 4.69) is 40.2 Å². The molecular formula is C29H29N3O5. The number of ether oxygens (including phenoxy) is 1. The molecule has 3 aromatic carbocycles. The summed E-state index contributed by atoms with van der Waals surface area (Å²) in [6, 6.07) is 22.3. The van der Waals surface area contributed by atoms with Crippen LogP contribution in [0.1, 0.15) is 41.9 Å². The summed E-state index contributed by atoms with van der Waals surface area (Å²) in [6.45, 7) is 0.452. The number of carbonyl (C=O) groups is 3. The molecule has 0 aliphatic heterocycles. The molecule has 1 unspecified atom stereocenters. The molecule has 8 nitrogen and oxygen atoms in total. The SMILES string of the molecule is O=C(O)Nc1ccc(CNC(=O)C(CC2CC2)NC(=O)OCC2c3ccccc3-c3ccccc32)cc1. The molecule has 2 aliphatic rings. The lowest BCUT2D eigenvalue weighted by Gasteiger charge is -2.20. The molecule has 0 aromatic heterocycles. The van der Waals surface area contributed by atoms with E-state index in [1.807, 2.05) is 24.3 Å². The molecule has 1 saturated carbocycles. The number of rotatable bonds is 9. The van der Waals surface area contributed by atoms with Gasteiger partial charge in [0.05, 0.1) is 0 Å². The first-order valence-electron chi connectivity index (χ1n) is 12.5. The van der Waals surface area contributed by atoms with Crippen molar-refractivity contribution in [3.63, 3.8) is 0 Å². The highest BCUT2D eigenvalue weighted by atomic mass is 16.5. The van der Waals surface area contributed by atoms with E-state index in [1.165, 1.54) is 0 Å². The summed E-state index contributed by atoms with van der Waals surface area (Å²) in [5.74, 6) is 0.103. The highest BCUT2D eigenvalue weighted by Crippen LogP contribution is 2.44. The number of hydrogen-bond acceptors (Lipinski definition) is 4. The lowest BCUT2D eigenvalue weighted by Crippen LogP contribution is -2.47. The summed E-state index contributed by atoms with van der Waals surface area (Å²) < 4.78 is 5.64. The number of alkyl carbamates (subject to hydrolysis) is 1. The van der Waals surface area contributed by atoms with Gasteiger partial charge in [-0.1, -0.05) is 73.5 Å². The van der Waals surface area contributed by atoms with Crippen LogP contribution in [0, 0.1) is 5.92 Å². The van der Waals surface area contributed by atoms with Crippen LogP contribution in [0.15, 0.2) is 72.8 Å². The number of benzene rings is 3. The average molecular weight is 500 g/mol. The van der Waals surface area contributed by atoms with Crippen LogP contribution in [0.25, 0.3) is 11.1 Å². The molecule has 2 aliphatic carbocycles. The van der Waals surface area contributed by atoms with Crippen LogP contribution in [0.5, 0.6) is 0 Å². The van der Waals surface area contributed by atoms with Crippen LogP contribution in [0.3, 0.4) is 0 Å². The van der Waals surface area contributed by atoms with Gasteiger partial charge in [-0.25, -0.2) is 9.59 Å². The van der Waals surface area contributed by atoms with Gasteiger partial charge in [-0.2, -0.15) is 0 Å². The van der Waals surface area contributed by atoms with E-state index in [4.69, 9.17) is 9.84 Å². The summed E-state index contributed by atoms with van der Waals surface area (Å²) >= 11 is 0. The number of nitrogens with one attached hydrogen (secondary N) is 3. The summed E-state index contributed by atoms with van der Waals surface area (Å²) in [6.07, 6.45) is 0.926. The smallest absolute Gasteiger partial charge is 0.409 e. The van der Waals surface area contributed by atoms with Gasteiger partial charge in [-0.3, -0.25) is 10.1 Å². The van der Waals surface area contributed by atoms with Gasteiger partial charge in [-0.15, -0.1) is 0 Å². The summed E-state index contributed by atoms with van der Waals surface area (Å²) in [5, 5.41) is 16.7. The van der Waals surface area contributed by atoms with E-state index < -0.39 is 18.2 Å². The highest BCUT2D eigenvalue weighted by molar-refractivity contribution is 5.86.